The third kappa shape index (κ3) is 2.34. The molecule has 0 radical (unpaired) electrons. The van der Waals surface area contributed by atoms with Crippen molar-refractivity contribution in [3.63, 3.8) is 0 Å². The van der Waals surface area contributed by atoms with Crippen LogP contribution in [-0.2, 0) is 0 Å². The highest BCUT2D eigenvalue weighted by atomic mass is 16.3. The molecule has 0 spiro atoms. The number of nitrogens with one attached hydrogen (secondary N) is 1. The highest BCUT2D eigenvalue weighted by molar-refractivity contribution is 5.83. The quantitative estimate of drug-likeness (QED) is 0.868. The van der Waals surface area contributed by atoms with Crippen molar-refractivity contribution in [2.24, 2.45) is 0 Å². The van der Waals surface area contributed by atoms with E-state index in [-0.39, 0.29) is 6.61 Å². The molecule has 7 heteroatoms. The number of hydrogen-bond donors (Lipinski definition) is 2. The van der Waals surface area contributed by atoms with Gasteiger partial charge in [0.25, 0.3) is 0 Å². The Labute approximate surface area is 129 Å². The van der Waals surface area contributed by atoms with Gasteiger partial charge in [-0.3, -0.25) is 4.90 Å². The fraction of sp³-hybridized carbons (Fsp3) is 0.667. The van der Waals surface area contributed by atoms with Crippen LogP contribution in [0.3, 0.4) is 0 Å². The number of nitrogens with zero attached hydrogens (tertiary/aromatic N) is 5. The molecule has 2 aliphatic rings. The largest absolute Gasteiger partial charge is 0.395 e. The molecule has 7 nitrogen and oxygen atoms in total. The summed E-state index contributed by atoms with van der Waals surface area (Å²) in [7, 11) is 0. The van der Waals surface area contributed by atoms with Gasteiger partial charge in [0, 0.05) is 25.2 Å². The van der Waals surface area contributed by atoms with Gasteiger partial charge in [0.1, 0.15) is 11.8 Å². The van der Waals surface area contributed by atoms with Gasteiger partial charge in [-0.1, -0.05) is 0 Å². The van der Waals surface area contributed by atoms with E-state index >= 15 is 0 Å². The Balaban J connectivity index is 1.57. The van der Waals surface area contributed by atoms with Crippen molar-refractivity contribution < 1.29 is 5.11 Å². The molecule has 0 saturated carbocycles. The van der Waals surface area contributed by atoms with Crippen molar-refractivity contribution in [1.29, 1.82) is 0 Å². The van der Waals surface area contributed by atoms with Crippen LogP contribution in [0.4, 0.5) is 5.82 Å². The molecule has 0 amide bonds. The topological polar surface area (TPSA) is 81.2 Å². The van der Waals surface area contributed by atoms with Gasteiger partial charge in [0.05, 0.1) is 12.9 Å². The van der Waals surface area contributed by atoms with Crippen LogP contribution in [0.1, 0.15) is 25.7 Å². The van der Waals surface area contributed by atoms with Gasteiger partial charge in [0.2, 0.25) is 0 Å². The minimum atomic E-state index is 0.269. The summed E-state index contributed by atoms with van der Waals surface area (Å²) in [6.07, 6.45) is 7.93. The Bertz CT molecular complexity index is 644. The van der Waals surface area contributed by atoms with Crippen molar-refractivity contribution in [3.8, 4) is 0 Å². The molecule has 2 aromatic rings. The van der Waals surface area contributed by atoms with E-state index in [1.165, 1.54) is 19.3 Å². The second-order valence-corrected chi connectivity index (χ2v) is 6.26. The first-order valence-electron chi connectivity index (χ1n) is 8.12. The zero-order valence-corrected chi connectivity index (χ0v) is 12.6. The van der Waals surface area contributed by atoms with Gasteiger partial charge in [-0.05, 0) is 32.2 Å². The van der Waals surface area contributed by atoms with E-state index in [1.807, 2.05) is 0 Å². The maximum absolute atomic E-state index is 9.52. The van der Waals surface area contributed by atoms with Crippen LogP contribution in [0.5, 0.6) is 0 Å². The minimum Gasteiger partial charge on any atom is -0.395 e. The average molecular weight is 302 g/mol. The van der Waals surface area contributed by atoms with E-state index in [9.17, 15) is 5.11 Å². The molecule has 2 aliphatic heterocycles. The lowest BCUT2D eigenvalue weighted by Gasteiger charge is -2.31. The predicted octanol–water partition coefficient (Wildman–Crippen LogP) is 0.778. The molecular weight excluding hydrogens is 280 g/mol. The third-order valence-corrected chi connectivity index (χ3v) is 5.01. The molecule has 2 unspecified atom stereocenters. The summed E-state index contributed by atoms with van der Waals surface area (Å²) < 4.78 is 0. The van der Waals surface area contributed by atoms with Crippen molar-refractivity contribution >= 4 is 17.0 Å². The number of anilines is 1. The van der Waals surface area contributed by atoms with Gasteiger partial charge in [-0.2, -0.15) is 0 Å². The molecule has 2 aromatic heterocycles. The summed E-state index contributed by atoms with van der Waals surface area (Å²) in [4.78, 5) is 20.9. The molecule has 2 fully saturated rings. The Morgan fingerprint density at radius 1 is 1.14 bits per heavy atom. The van der Waals surface area contributed by atoms with E-state index in [0.29, 0.717) is 12.1 Å². The van der Waals surface area contributed by atoms with Gasteiger partial charge < -0.3 is 15.0 Å². The lowest BCUT2D eigenvalue weighted by atomic mass is 10.2. The molecule has 0 aromatic carbocycles. The molecule has 2 N–H and O–H groups in total. The highest BCUT2D eigenvalue weighted by Crippen LogP contribution is 2.29. The zero-order chi connectivity index (χ0) is 14.9. The van der Waals surface area contributed by atoms with Crippen LogP contribution in [0.25, 0.3) is 11.2 Å². The smallest absolute Gasteiger partial charge is 0.182 e. The molecule has 0 aliphatic carbocycles. The standard InChI is InChI=1S/C15H22N6O/c22-8-12-4-1-5-20(12)7-11-3-2-6-21(11)15-13-14(17-9-16-13)18-10-19-15/h9-12,22H,1-8H2,(H,16,17,18,19). The molecule has 118 valence electrons. The summed E-state index contributed by atoms with van der Waals surface area (Å²) in [5.41, 5.74) is 1.65. The van der Waals surface area contributed by atoms with Crippen LogP contribution in [0, 0.1) is 0 Å². The van der Waals surface area contributed by atoms with Crippen LogP contribution >= 0.6 is 0 Å². The maximum atomic E-state index is 9.52. The molecule has 2 atom stereocenters. The van der Waals surface area contributed by atoms with Gasteiger partial charge in [0.15, 0.2) is 11.5 Å². The molecule has 2 saturated heterocycles. The lowest BCUT2D eigenvalue weighted by Crippen LogP contribution is -2.43. The number of aliphatic hydroxyl groups excluding tert-OH is 1. The first kappa shape index (κ1) is 13.9. The van der Waals surface area contributed by atoms with Crippen molar-refractivity contribution in [2.75, 3.05) is 31.1 Å². The molecule has 22 heavy (non-hydrogen) atoms. The molecule has 4 heterocycles. The monoisotopic (exact) mass is 302 g/mol. The lowest BCUT2D eigenvalue weighted by molar-refractivity contribution is 0.153. The fourth-order valence-corrected chi connectivity index (χ4v) is 3.89. The Kier molecular flexibility index (Phi) is 3.67. The van der Waals surface area contributed by atoms with E-state index in [0.717, 1.165) is 43.0 Å². The number of likely N-dealkylation sites (tertiary alicyclic amines) is 1. The number of aromatic nitrogens is 4. The molecule has 4 rings (SSSR count). The third-order valence-electron chi connectivity index (χ3n) is 5.01. The van der Waals surface area contributed by atoms with Crippen LogP contribution in [0.15, 0.2) is 12.7 Å². The van der Waals surface area contributed by atoms with Crippen molar-refractivity contribution in [1.82, 2.24) is 24.8 Å². The van der Waals surface area contributed by atoms with Crippen LogP contribution in [-0.4, -0.2) is 68.3 Å². The summed E-state index contributed by atoms with van der Waals surface area (Å²) >= 11 is 0. The van der Waals surface area contributed by atoms with E-state index < -0.39 is 0 Å². The SMILES string of the molecule is OCC1CCCN1CC1CCCN1c1ncnc2nc[nH]c12. The first-order valence-corrected chi connectivity index (χ1v) is 8.12. The number of aliphatic hydroxyl groups is 1. The molecular formula is C15H22N6O. The number of aromatic amines is 1. The van der Waals surface area contributed by atoms with E-state index in [2.05, 4.69) is 29.7 Å². The Morgan fingerprint density at radius 3 is 2.91 bits per heavy atom. The van der Waals surface area contributed by atoms with Crippen molar-refractivity contribution in [3.05, 3.63) is 12.7 Å². The fourth-order valence-electron chi connectivity index (χ4n) is 3.89. The number of hydrogen-bond acceptors (Lipinski definition) is 6. The Morgan fingerprint density at radius 2 is 2.00 bits per heavy atom. The second-order valence-electron chi connectivity index (χ2n) is 6.26. The van der Waals surface area contributed by atoms with Gasteiger partial charge >= 0.3 is 0 Å². The summed E-state index contributed by atoms with van der Waals surface area (Å²) in [5.74, 6) is 0.963. The first-order chi connectivity index (χ1) is 10.9. The van der Waals surface area contributed by atoms with Gasteiger partial charge in [-0.15, -0.1) is 0 Å². The summed E-state index contributed by atoms with van der Waals surface area (Å²) in [6.45, 7) is 3.39. The highest BCUT2D eigenvalue weighted by Gasteiger charge is 2.32. The van der Waals surface area contributed by atoms with E-state index in [1.54, 1.807) is 12.7 Å². The number of imidazole rings is 1. The molecule has 0 bridgehead atoms. The summed E-state index contributed by atoms with van der Waals surface area (Å²) in [5, 5.41) is 9.52. The van der Waals surface area contributed by atoms with Gasteiger partial charge in [-0.25, -0.2) is 15.0 Å². The zero-order valence-electron chi connectivity index (χ0n) is 12.6. The second kappa shape index (κ2) is 5.81. The number of H-pyrrole nitrogens is 1. The average Bonchev–Trinajstić information content (AvgIpc) is 3.27. The van der Waals surface area contributed by atoms with Crippen molar-refractivity contribution in [2.45, 2.75) is 37.8 Å². The Hall–Kier alpha value is -1.73. The van der Waals surface area contributed by atoms with Crippen LogP contribution < -0.4 is 4.90 Å². The normalized spacial score (nSPS) is 26.3. The van der Waals surface area contributed by atoms with Crippen LogP contribution in [0.2, 0.25) is 0 Å². The summed E-state index contributed by atoms with van der Waals surface area (Å²) in [6, 6.07) is 0.786. The number of rotatable bonds is 4. The number of fused-ring (bicyclic) bond motifs is 1. The predicted molar refractivity (Wildman–Crippen MR) is 83.7 cm³/mol. The maximum Gasteiger partial charge on any atom is 0.182 e. The minimum absolute atomic E-state index is 0.269. The van der Waals surface area contributed by atoms with E-state index in [4.69, 9.17) is 0 Å².